The number of fused-ring (bicyclic) bond motifs is 4. The Bertz CT molecular complexity index is 1240. The highest BCUT2D eigenvalue weighted by atomic mass is 19.4. The van der Waals surface area contributed by atoms with E-state index in [1.54, 1.807) is 18.2 Å². The standard InChI is InChI=1S/C25H29F3N6O5/c1-14(25(26,27)28)30-22(35)18-5-6-19-21(31-18)34(15-8-9-33(19)11-15)23(36)32-20-7-4-16(10-29-20)37-12-17-13-38-24(2,3)39-17/h4-7,10,14-15,17H,8-9,11-13H2,1-3H3,(H,30,35)(H,29,32,36)/t14?,15-,17-/m0/s1. The molecule has 5 heterocycles. The molecule has 2 N–H and O–H groups in total. The van der Waals surface area contributed by atoms with E-state index in [0.717, 1.165) is 6.92 Å². The Hall–Kier alpha value is -3.65. The largest absolute Gasteiger partial charge is 0.489 e. The SMILES string of the molecule is CC(NC(=O)c1ccc2c(n1)N(C(=O)Nc1ccc(OC[C@H]3COC(C)(C)O3)cn1)[C@H]1CCN2C1)C(F)(F)F. The number of ether oxygens (including phenoxy) is 3. The highest BCUT2D eigenvalue weighted by molar-refractivity contribution is 6.05. The zero-order valence-corrected chi connectivity index (χ0v) is 21.6. The number of hydrogen-bond donors (Lipinski definition) is 2. The molecule has 3 atom stereocenters. The second-order valence-electron chi connectivity index (χ2n) is 10.1. The molecule has 0 radical (unpaired) electrons. The van der Waals surface area contributed by atoms with Crippen molar-refractivity contribution in [2.75, 3.05) is 41.4 Å². The van der Waals surface area contributed by atoms with Crippen LogP contribution in [-0.2, 0) is 9.47 Å². The van der Waals surface area contributed by atoms with Crippen LogP contribution in [0.25, 0.3) is 0 Å². The number of nitrogens with zero attached hydrogens (tertiary/aromatic N) is 4. The molecule has 0 spiro atoms. The molecule has 5 rings (SSSR count). The Morgan fingerprint density at radius 3 is 2.72 bits per heavy atom. The van der Waals surface area contributed by atoms with Gasteiger partial charge in [0.1, 0.15) is 36.0 Å². The molecule has 39 heavy (non-hydrogen) atoms. The lowest BCUT2D eigenvalue weighted by Gasteiger charge is -2.35. The Labute approximate surface area is 222 Å². The number of rotatable bonds is 6. The number of alkyl halides is 3. The average molecular weight is 551 g/mol. The van der Waals surface area contributed by atoms with Crippen molar-refractivity contribution < 1.29 is 37.0 Å². The molecule has 11 nitrogen and oxygen atoms in total. The smallest absolute Gasteiger partial charge is 0.408 e. The van der Waals surface area contributed by atoms with Gasteiger partial charge in [-0.2, -0.15) is 13.2 Å². The molecular formula is C25H29F3N6O5. The van der Waals surface area contributed by atoms with Crippen molar-refractivity contribution in [2.24, 2.45) is 0 Å². The van der Waals surface area contributed by atoms with Crippen molar-refractivity contribution >= 4 is 29.3 Å². The summed E-state index contributed by atoms with van der Waals surface area (Å²) in [6.45, 7) is 6.46. The number of carbonyl (C=O) groups excluding carboxylic acids is 2. The van der Waals surface area contributed by atoms with Gasteiger partial charge in [0.25, 0.3) is 5.91 Å². The van der Waals surface area contributed by atoms with Crippen molar-refractivity contribution in [3.05, 3.63) is 36.2 Å². The van der Waals surface area contributed by atoms with E-state index < -0.39 is 29.9 Å². The summed E-state index contributed by atoms with van der Waals surface area (Å²) in [5, 5.41) is 4.65. The molecule has 14 heteroatoms. The molecule has 1 unspecified atom stereocenters. The second kappa shape index (κ2) is 10.2. The normalized spacial score (nSPS) is 22.3. The fourth-order valence-electron chi connectivity index (χ4n) is 4.69. The van der Waals surface area contributed by atoms with Gasteiger partial charge < -0.3 is 24.4 Å². The second-order valence-corrected chi connectivity index (χ2v) is 10.1. The topological polar surface area (TPSA) is 118 Å². The number of nitrogens with one attached hydrogen (secondary N) is 2. The van der Waals surface area contributed by atoms with Crippen molar-refractivity contribution in [3.63, 3.8) is 0 Å². The minimum Gasteiger partial charge on any atom is -0.489 e. The van der Waals surface area contributed by atoms with Crippen LogP contribution in [-0.4, -0.2) is 78.4 Å². The minimum atomic E-state index is -4.59. The van der Waals surface area contributed by atoms with Crippen LogP contribution in [0.2, 0.25) is 0 Å². The maximum absolute atomic E-state index is 13.4. The third-order valence-electron chi connectivity index (χ3n) is 6.72. The van der Waals surface area contributed by atoms with E-state index in [9.17, 15) is 22.8 Å². The molecule has 3 aliphatic heterocycles. The number of hydrogen-bond acceptors (Lipinski definition) is 8. The van der Waals surface area contributed by atoms with Crippen molar-refractivity contribution in [2.45, 2.75) is 57.3 Å². The van der Waals surface area contributed by atoms with Crippen LogP contribution >= 0.6 is 0 Å². The molecule has 0 aromatic carbocycles. The summed E-state index contributed by atoms with van der Waals surface area (Å²) in [5.41, 5.74) is 0.405. The molecule has 2 aromatic rings. The van der Waals surface area contributed by atoms with Crippen LogP contribution in [0.4, 0.5) is 35.3 Å². The minimum absolute atomic E-state index is 0.204. The first-order chi connectivity index (χ1) is 18.4. The van der Waals surface area contributed by atoms with E-state index in [0.29, 0.717) is 37.6 Å². The van der Waals surface area contributed by atoms with E-state index in [1.807, 2.05) is 24.1 Å². The Morgan fingerprint density at radius 2 is 2.05 bits per heavy atom. The summed E-state index contributed by atoms with van der Waals surface area (Å²) >= 11 is 0. The van der Waals surface area contributed by atoms with Crippen LogP contribution in [0, 0.1) is 0 Å². The van der Waals surface area contributed by atoms with Crippen molar-refractivity contribution in [1.29, 1.82) is 0 Å². The number of carbonyl (C=O) groups is 2. The van der Waals surface area contributed by atoms with Crippen LogP contribution < -0.4 is 25.2 Å². The molecule has 2 saturated heterocycles. The lowest BCUT2D eigenvalue weighted by molar-refractivity contribution is -0.149. The summed E-state index contributed by atoms with van der Waals surface area (Å²) < 4.78 is 55.7. The summed E-state index contributed by atoms with van der Waals surface area (Å²) in [4.78, 5) is 37.9. The van der Waals surface area contributed by atoms with Crippen LogP contribution in [0.15, 0.2) is 30.5 Å². The first kappa shape index (κ1) is 26.9. The molecule has 2 bridgehead atoms. The number of amides is 3. The molecule has 0 aliphatic carbocycles. The fraction of sp³-hybridized carbons (Fsp3) is 0.520. The maximum atomic E-state index is 13.4. The Balaban J connectivity index is 1.27. The van der Waals surface area contributed by atoms with Gasteiger partial charge in [0.05, 0.1) is 24.5 Å². The Morgan fingerprint density at radius 1 is 1.26 bits per heavy atom. The van der Waals surface area contributed by atoms with Gasteiger partial charge in [0.2, 0.25) is 0 Å². The quantitative estimate of drug-likeness (QED) is 0.563. The molecule has 2 fully saturated rings. The first-order valence-electron chi connectivity index (χ1n) is 12.5. The van der Waals surface area contributed by atoms with Gasteiger partial charge in [0.15, 0.2) is 11.6 Å². The number of anilines is 3. The maximum Gasteiger partial charge on any atom is 0.408 e. The fourth-order valence-corrected chi connectivity index (χ4v) is 4.69. The average Bonchev–Trinajstić information content (AvgIpc) is 3.45. The third kappa shape index (κ3) is 5.86. The summed E-state index contributed by atoms with van der Waals surface area (Å²) in [7, 11) is 0. The highest BCUT2D eigenvalue weighted by Gasteiger charge is 2.41. The molecule has 2 aromatic heterocycles. The molecule has 3 aliphatic rings. The number of aromatic nitrogens is 2. The zero-order chi connectivity index (χ0) is 27.9. The van der Waals surface area contributed by atoms with E-state index in [1.165, 1.54) is 17.2 Å². The van der Waals surface area contributed by atoms with Crippen LogP contribution in [0.1, 0.15) is 37.7 Å². The first-order valence-corrected chi connectivity index (χ1v) is 12.5. The number of urea groups is 1. The van der Waals surface area contributed by atoms with Gasteiger partial charge in [-0.1, -0.05) is 0 Å². The van der Waals surface area contributed by atoms with Crippen molar-refractivity contribution in [1.82, 2.24) is 15.3 Å². The van der Waals surface area contributed by atoms with E-state index in [-0.39, 0.29) is 36.1 Å². The van der Waals surface area contributed by atoms with Gasteiger partial charge in [-0.25, -0.2) is 14.8 Å². The lowest BCUT2D eigenvalue weighted by Crippen LogP contribution is -2.49. The summed E-state index contributed by atoms with van der Waals surface area (Å²) in [6, 6.07) is 3.41. The zero-order valence-electron chi connectivity index (χ0n) is 21.6. The number of pyridine rings is 2. The van der Waals surface area contributed by atoms with Crippen LogP contribution in [0.3, 0.4) is 0 Å². The highest BCUT2D eigenvalue weighted by Crippen LogP contribution is 2.39. The molecule has 0 saturated carbocycles. The summed E-state index contributed by atoms with van der Waals surface area (Å²) in [5.74, 6) is -0.670. The summed E-state index contributed by atoms with van der Waals surface area (Å²) in [6.07, 6.45) is -2.66. The van der Waals surface area contributed by atoms with Gasteiger partial charge in [-0.15, -0.1) is 0 Å². The van der Waals surface area contributed by atoms with Gasteiger partial charge in [-0.3, -0.25) is 15.0 Å². The van der Waals surface area contributed by atoms with Crippen LogP contribution in [0.5, 0.6) is 5.75 Å². The Kier molecular flexibility index (Phi) is 7.01. The van der Waals surface area contributed by atoms with E-state index >= 15 is 0 Å². The lowest BCUT2D eigenvalue weighted by atomic mass is 10.1. The monoisotopic (exact) mass is 550 g/mol. The third-order valence-corrected chi connectivity index (χ3v) is 6.72. The van der Waals surface area contributed by atoms with Gasteiger partial charge >= 0.3 is 12.2 Å². The van der Waals surface area contributed by atoms with Crippen molar-refractivity contribution in [3.8, 4) is 5.75 Å². The van der Waals surface area contributed by atoms with Gasteiger partial charge in [-0.05, 0) is 51.5 Å². The predicted molar refractivity (Wildman–Crippen MR) is 134 cm³/mol. The van der Waals surface area contributed by atoms with Gasteiger partial charge in [0, 0.05) is 13.1 Å². The van der Waals surface area contributed by atoms with E-state index in [4.69, 9.17) is 14.2 Å². The van der Waals surface area contributed by atoms with E-state index in [2.05, 4.69) is 15.3 Å². The molecular weight excluding hydrogens is 521 g/mol. The molecule has 3 amide bonds. The number of halogens is 3. The molecule has 210 valence electrons. The predicted octanol–water partition coefficient (Wildman–Crippen LogP) is 3.32.